The zero-order valence-electron chi connectivity index (χ0n) is 27.5. The molecule has 0 unspecified atom stereocenters. The van der Waals surface area contributed by atoms with Gasteiger partial charge in [-0.25, -0.2) is 0 Å². The lowest BCUT2D eigenvalue weighted by Gasteiger charge is -2.17. The van der Waals surface area contributed by atoms with E-state index in [1.165, 1.54) is 14.2 Å². The molecule has 0 aliphatic rings. The normalized spacial score (nSPS) is 9.95. The molecule has 2 heterocycles. The summed E-state index contributed by atoms with van der Waals surface area (Å²) in [7, 11) is 2.95. The molecule has 0 radical (unpaired) electrons. The van der Waals surface area contributed by atoms with Gasteiger partial charge in [0.15, 0.2) is 12.6 Å². The third kappa shape index (κ3) is 8.22. The van der Waals surface area contributed by atoms with E-state index in [0.717, 1.165) is 57.1 Å². The lowest BCUT2D eigenvalue weighted by molar-refractivity contribution is 0.111. The number of nitrogens with zero attached hydrogens (tertiary/aromatic N) is 2. The monoisotopic (exact) mass is 600 g/mol. The highest BCUT2D eigenvalue weighted by molar-refractivity contribution is 5.79. The van der Waals surface area contributed by atoms with E-state index >= 15 is 0 Å². The van der Waals surface area contributed by atoms with E-state index < -0.39 is 0 Å². The topological polar surface area (TPSA) is 96.8 Å². The number of hydrogen-bond donors (Lipinski definition) is 0. The summed E-state index contributed by atoms with van der Waals surface area (Å²) in [5.74, 6) is 1.31. The number of carbonyl (C=O) groups excluding carboxylic acids is 2. The first-order chi connectivity index (χ1) is 21.3. The highest BCUT2D eigenvalue weighted by Gasteiger charge is 2.15. The number of ether oxygens (including phenoxy) is 4. The van der Waals surface area contributed by atoms with Crippen molar-refractivity contribution in [2.75, 3.05) is 14.2 Å². The van der Waals surface area contributed by atoms with Crippen LogP contribution in [0.2, 0.25) is 0 Å². The fraction of sp³-hybridized carbons (Fsp3) is 0.333. The molecule has 0 saturated heterocycles. The molecule has 4 aromatic rings. The van der Waals surface area contributed by atoms with Crippen molar-refractivity contribution < 1.29 is 28.5 Å². The first-order valence-electron chi connectivity index (χ1n) is 14.8. The van der Waals surface area contributed by atoms with Gasteiger partial charge in [-0.1, -0.05) is 64.1 Å². The van der Waals surface area contributed by atoms with Crippen molar-refractivity contribution in [1.82, 2.24) is 9.97 Å². The minimum atomic E-state index is 0.235. The number of hydrogen-bond acceptors (Lipinski definition) is 8. The Bertz CT molecular complexity index is 1450. The molecule has 0 bridgehead atoms. The van der Waals surface area contributed by atoms with E-state index in [4.69, 9.17) is 18.9 Å². The third-order valence-corrected chi connectivity index (χ3v) is 6.87. The summed E-state index contributed by atoms with van der Waals surface area (Å²) in [4.78, 5) is 31.3. The number of rotatable bonds is 11. The molecule has 0 saturated carbocycles. The van der Waals surface area contributed by atoms with E-state index in [0.29, 0.717) is 36.1 Å². The molecule has 0 amide bonds. The van der Waals surface area contributed by atoms with E-state index in [2.05, 4.69) is 35.9 Å². The van der Waals surface area contributed by atoms with Gasteiger partial charge in [-0.15, -0.1) is 0 Å². The van der Waals surface area contributed by atoms with Crippen molar-refractivity contribution in [3.05, 3.63) is 93.0 Å². The van der Waals surface area contributed by atoms with Crippen molar-refractivity contribution in [2.45, 2.75) is 68.6 Å². The van der Waals surface area contributed by atoms with Crippen molar-refractivity contribution in [3.63, 3.8) is 0 Å². The Hall–Kier alpha value is -4.72. The number of aryl methyl sites for hydroxylation is 2. The average molecular weight is 601 g/mol. The molecule has 2 aromatic carbocycles. The summed E-state index contributed by atoms with van der Waals surface area (Å²) in [5, 5.41) is 0. The van der Waals surface area contributed by atoms with Crippen LogP contribution in [0.25, 0.3) is 11.1 Å². The summed E-state index contributed by atoms with van der Waals surface area (Å²) in [6, 6.07) is 15.7. The molecule has 44 heavy (non-hydrogen) atoms. The molecular formula is C36H44N2O6. The Morgan fingerprint density at radius 2 is 0.955 bits per heavy atom. The maximum absolute atomic E-state index is 11.3. The van der Waals surface area contributed by atoms with Crippen molar-refractivity contribution >= 4 is 12.6 Å². The first-order valence-corrected chi connectivity index (χ1v) is 14.8. The number of aldehydes is 2. The smallest absolute Gasteiger partial charge is 0.227 e. The van der Waals surface area contributed by atoms with Gasteiger partial charge in [0.05, 0.1) is 25.3 Å². The van der Waals surface area contributed by atoms with E-state index in [-0.39, 0.29) is 11.8 Å². The van der Waals surface area contributed by atoms with Crippen LogP contribution in [0, 0.1) is 27.7 Å². The Morgan fingerprint density at radius 1 is 0.591 bits per heavy atom. The molecule has 0 fully saturated rings. The molecular weight excluding hydrogens is 556 g/mol. The van der Waals surface area contributed by atoms with Gasteiger partial charge in [0.25, 0.3) is 0 Å². The molecule has 4 rings (SSSR count). The van der Waals surface area contributed by atoms with Crippen molar-refractivity contribution in [1.29, 1.82) is 0 Å². The van der Waals surface area contributed by atoms with Crippen LogP contribution in [0.3, 0.4) is 0 Å². The molecule has 8 nitrogen and oxygen atoms in total. The van der Waals surface area contributed by atoms with Crippen LogP contribution >= 0.6 is 0 Å². The van der Waals surface area contributed by atoms with Crippen LogP contribution in [0.5, 0.6) is 23.5 Å². The summed E-state index contributed by atoms with van der Waals surface area (Å²) in [6.45, 7) is 16.4. The van der Waals surface area contributed by atoms with Gasteiger partial charge in [-0.05, 0) is 73.2 Å². The predicted molar refractivity (Wildman–Crippen MR) is 175 cm³/mol. The standard InChI is InChI=1S/C32H32N2O6.2C2H6/c1-19-13-25(15-35)31(37-5)33-29(19)39-17-23-9-7-11-27(21(23)3)28-12-8-10-24(22(28)4)18-40-30-20(2)14-26(16-36)32(34-30)38-6;2*1-2/h7-16H,17-18H2,1-6H3;2*1-2H3. The van der Waals surface area contributed by atoms with Crippen LogP contribution in [0.1, 0.15) is 81.8 Å². The molecule has 0 aliphatic heterocycles. The Kier molecular flexibility index (Phi) is 14.0. The molecule has 0 aliphatic carbocycles. The van der Waals surface area contributed by atoms with Crippen molar-refractivity contribution in [3.8, 4) is 34.6 Å². The fourth-order valence-corrected chi connectivity index (χ4v) is 4.55. The SMILES string of the molecule is CC.CC.COc1nc(OCc2cccc(-c3cccc(COc4nc(OC)c(C=O)cc4C)c3C)c2C)c(C)cc1C=O. The lowest BCUT2D eigenvalue weighted by Crippen LogP contribution is -2.05. The van der Waals surface area contributed by atoms with Crippen LogP contribution in [0.15, 0.2) is 48.5 Å². The second kappa shape index (κ2) is 17.4. The summed E-state index contributed by atoms with van der Waals surface area (Å²) in [6.07, 6.45) is 1.44. The maximum atomic E-state index is 11.3. The Balaban J connectivity index is 0.00000162. The second-order valence-electron chi connectivity index (χ2n) is 9.41. The molecule has 2 aromatic heterocycles. The lowest BCUT2D eigenvalue weighted by atomic mass is 9.92. The summed E-state index contributed by atoms with van der Waals surface area (Å²) in [5.41, 5.74) is 8.65. The number of pyridine rings is 2. The summed E-state index contributed by atoms with van der Waals surface area (Å²) < 4.78 is 22.6. The molecule has 0 atom stereocenters. The quantitative estimate of drug-likeness (QED) is 0.159. The molecule has 0 spiro atoms. The van der Waals surface area contributed by atoms with Gasteiger partial charge in [0.2, 0.25) is 23.5 Å². The number of carbonyl (C=O) groups is 2. The molecule has 8 heteroatoms. The third-order valence-electron chi connectivity index (χ3n) is 6.87. The minimum absolute atomic E-state index is 0.235. The largest absolute Gasteiger partial charge is 0.480 e. The van der Waals surface area contributed by atoms with Crippen LogP contribution in [-0.4, -0.2) is 36.8 Å². The zero-order chi connectivity index (χ0) is 32.8. The van der Waals surface area contributed by atoms with Gasteiger partial charge in [0, 0.05) is 11.1 Å². The van der Waals surface area contributed by atoms with Crippen LogP contribution < -0.4 is 18.9 Å². The van der Waals surface area contributed by atoms with E-state index in [9.17, 15) is 9.59 Å². The first kappa shape index (κ1) is 35.5. The minimum Gasteiger partial charge on any atom is -0.480 e. The second-order valence-corrected chi connectivity index (χ2v) is 9.41. The maximum Gasteiger partial charge on any atom is 0.227 e. The Labute approximate surface area is 261 Å². The molecule has 234 valence electrons. The van der Waals surface area contributed by atoms with E-state index in [1.54, 1.807) is 12.1 Å². The van der Waals surface area contributed by atoms with Gasteiger partial charge in [-0.3, -0.25) is 9.59 Å². The fourth-order valence-electron chi connectivity index (χ4n) is 4.55. The summed E-state index contributed by atoms with van der Waals surface area (Å²) >= 11 is 0. The Morgan fingerprint density at radius 3 is 1.27 bits per heavy atom. The highest BCUT2D eigenvalue weighted by Crippen LogP contribution is 2.32. The van der Waals surface area contributed by atoms with Gasteiger partial charge in [-0.2, -0.15) is 9.97 Å². The van der Waals surface area contributed by atoms with Gasteiger partial charge in [0.1, 0.15) is 13.2 Å². The van der Waals surface area contributed by atoms with Gasteiger partial charge >= 0.3 is 0 Å². The predicted octanol–water partition coefficient (Wildman–Crippen LogP) is 8.23. The molecule has 0 N–H and O–H groups in total. The van der Waals surface area contributed by atoms with E-state index in [1.807, 2.05) is 65.8 Å². The number of benzene rings is 2. The zero-order valence-corrected chi connectivity index (χ0v) is 27.5. The van der Waals surface area contributed by atoms with Crippen LogP contribution in [-0.2, 0) is 13.2 Å². The number of aromatic nitrogens is 2. The van der Waals surface area contributed by atoms with Gasteiger partial charge < -0.3 is 18.9 Å². The highest BCUT2D eigenvalue weighted by atomic mass is 16.5. The van der Waals surface area contributed by atoms with Crippen LogP contribution in [0.4, 0.5) is 0 Å². The van der Waals surface area contributed by atoms with Crippen molar-refractivity contribution in [2.24, 2.45) is 0 Å². The number of methoxy groups -OCH3 is 2. The average Bonchev–Trinajstić information content (AvgIpc) is 3.06.